The summed E-state index contributed by atoms with van der Waals surface area (Å²) in [5.41, 5.74) is -6.44. The van der Waals surface area contributed by atoms with Gasteiger partial charge in [0, 0.05) is 23.7 Å². The Bertz CT molecular complexity index is 943. The molecule has 0 amide bonds. The summed E-state index contributed by atoms with van der Waals surface area (Å²) in [4.78, 5) is 36.2. The molecule has 176 valence electrons. The predicted octanol–water partition coefficient (Wildman–Crippen LogP) is 1.44. The zero-order valence-electron chi connectivity index (χ0n) is 18.8. The lowest BCUT2D eigenvalue weighted by Gasteiger charge is -2.63. The molecule has 4 rings (SSSR count). The smallest absolute Gasteiger partial charge is 0.303 e. The highest BCUT2D eigenvalue weighted by Gasteiger charge is 2.76. The number of halogens is 1. The van der Waals surface area contributed by atoms with E-state index in [4.69, 9.17) is 4.74 Å². The molecular weight excluding hydrogens is 419 g/mol. The monoisotopic (exact) mass is 450 g/mol. The Hall–Kier alpha value is -1.90. The highest BCUT2D eigenvalue weighted by atomic mass is 19.1. The second-order valence-electron chi connectivity index (χ2n) is 10.5. The van der Waals surface area contributed by atoms with Gasteiger partial charge in [-0.05, 0) is 55.7 Å². The van der Waals surface area contributed by atoms with Gasteiger partial charge in [0.15, 0.2) is 18.1 Å². The Morgan fingerprint density at radius 3 is 2.50 bits per heavy atom. The van der Waals surface area contributed by atoms with Gasteiger partial charge < -0.3 is 20.1 Å². The van der Waals surface area contributed by atoms with Crippen molar-refractivity contribution >= 4 is 17.5 Å². The Kier molecular flexibility index (Phi) is 5.12. The quantitative estimate of drug-likeness (QED) is 0.556. The van der Waals surface area contributed by atoms with Crippen molar-refractivity contribution in [3.05, 3.63) is 23.8 Å². The van der Waals surface area contributed by atoms with Crippen molar-refractivity contribution in [2.24, 2.45) is 28.6 Å². The Morgan fingerprint density at radius 2 is 1.88 bits per heavy atom. The van der Waals surface area contributed by atoms with E-state index in [0.29, 0.717) is 6.42 Å². The molecule has 3 N–H and O–H groups in total. The van der Waals surface area contributed by atoms with E-state index in [2.05, 4.69) is 0 Å². The third-order valence-corrected chi connectivity index (χ3v) is 9.08. The van der Waals surface area contributed by atoms with Crippen LogP contribution in [-0.2, 0) is 19.1 Å². The molecule has 7 nitrogen and oxygen atoms in total. The number of carbonyl (C=O) groups is 3. The van der Waals surface area contributed by atoms with Crippen LogP contribution >= 0.6 is 0 Å². The standard InChI is InChI=1S/C24H31FO7/c1-12-7-15-16-9-18(28)17-8-14(27)5-6-21(17,3)23(16,25)19(29)10-22(15,4)24(12,31)20(30)11-32-13(2)26/h5-6,8,12,15-16,18-19,28-29,31H,7,9-11H2,1-4H3/t12-,15+,16+,18-,19+,21+,22+,23+,24+/m1/s1. The van der Waals surface area contributed by atoms with E-state index < -0.39 is 70.4 Å². The lowest BCUT2D eigenvalue weighted by atomic mass is 9.44. The number of allylic oxidation sites excluding steroid dienone is 3. The van der Waals surface area contributed by atoms with Gasteiger partial charge in [-0.3, -0.25) is 14.4 Å². The fourth-order valence-electron chi connectivity index (χ4n) is 7.46. The zero-order chi connectivity index (χ0) is 23.9. The number of ketones is 2. The van der Waals surface area contributed by atoms with Crippen molar-refractivity contribution in [3.8, 4) is 0 Å². The van der Waals surface area contributed by atoms with E-state index >= 15 is 4.39 Å². The third-order valence-electron chi connectivity index (χ3n) is 9.08. The summed E-state index contributed by atoms with van der Waals surface area (Å²) in [6, 6.07) is 0. The van der Waals surface area contributed by atoms with Gasteiger partial charge in [-0.15, -0.1) is 0 Å². The first kappa shape index (κ1) is 23.3. The Morgan fingerprint density at radius 1 is 1.22 bits per heavy atom. The summed E-state index contributed by atoms with van der Waals surface area (Å²) in [5.74, 6) is -3.60. The van der Waals surface area contributed by atoms with Crippen LogP contribution < -0.4 is 0 Å². The van der Waals surface area contributed by atoms with Crippen LogP contribution in [0.2, 0.25) is 0 Å². The molecule has 4 aliphatic carbocycles. The van der Waals surface area contributed by atoms with Crippen molar-refractivity contribution in [1.29, 1.82) is 0 Å². The first-order chi connectivity index (χ1) is 14.7. The molecule has 0 unspecified atom stereocenters. The van der Waals surface area contributed by atoms with Gasteiger partial charge in [0.05, 0.1) is 12.2 Å². The maximum Gasteiger partial charge on any atom is 0.303 e. The van der Waals surface area contributed by atoms with Crippen LogP contribution in [0.5, 0.6) is 0 Å². The minimum absolute atomic E-state index is 0.0305. The van der Waals surface area contributed by atoms with Gasteiger partial charge in [-0.2, -0.15) is 0 Å². The topological polar surface area (TPSA) is 121 Å². The Balaban J connectivity index is 1.79. The molecule has 9 atom stereocenters. The minimum atomic E-state index is -2.19. The molecule has 3 saturated carbocycles. The maximum absolute atomic E-state index is 17.1. The second kappa shape index (κ2) is 7.05. The number of ether oxygens (including phenoxy) is 1. The number of carbonyl (C=O) groups excluding carboxylic acids is 3. The number of hydrogen-bond acceptors (Lipinski definition) is 7. The number of alkyl halides is 1. The molecule has 0 spiro atoms. The molecule has 0 saturated heterocycles. The average Bonchev–Trinajstić information content (AvgIpc) is 2.91. The number of aliphatic hydroxyl groups is 3. The van der Waals surface area contributed by atoms with Gasteiger partial charge in [0.1, 0.15) is 5.60 Å². The molecule has 0 bridgehead atoms. The van der Waals surface area contributed by atoms with Crippen LogP contribution in [0.3, 0.4) is 0 Å². The number of hydrogen-bond donors (Lipinski definition) is 3. The van der Waals surface area contributed by atoms with Crippen molar-refractivity contribution in [1.82, 2.24) is 0 Å². The zero-order valence-corrected chi connectivity index (χ0v) is 18.8. The summed E-state index contributed by atoms with van der Waals surface area (Å²) in [6.45, 7) is 5.53. The molecular formula is C24H31FO7. The van der Waals surface area contributed by atoms with Crippen LogP contribution in [0.25, 0.3) is 0 Å². The highest BCUT2D eigenvalue weighted by molar-refractivity contribution is 6.01. The van der Waals surface area contributed by atoms with Crippen molar-refractivity contribution < 1.29 is 38.8 Å². The number of esters is 1. The van der Waals surface area contributed by atoms with E-state index in [0.717, 1.165) is 0 Å². The summed E-state index contributed by atoms with van der Waals surface area (Å²) in [5, 5.41) is 33.8. The first-order valence-electron chi connectivity index (χ1n) is 11.1. The van der Waals surface area contributed by atoms with E-state index in [-0.39, 0.29) is 24.2 Å². The van der Waals surface area contributed by atoms with Gasteiger partial charge in [-0.25, -0.2) is 4.39 Å². The van der Waals surface area contributed by atoms with Crippen LogP contribution in [0.1, 0.15) is 47.0 Å². The normalized spacial score (nSPS) is 49.6. The molecule has 0 aromatic carbocycles. The Labute approximate surface area is 186 Å². The van der Waals surface area contributed by atoms with Gasteiger partial charge in [-0.1, -0.05) is 19.9 Å². The van der Waals surface area contributed by atoms with E-state index in [9.17, 15) is 29.7 Å². The maximum atomic E-state index is 17.1. The van der Waals surface area contributed by atoms with E-state index in [1.54, 1.807) is 20.8 Å². The molecule has 0 aromatic heterocycles. The molecule has 0 heterocycles. The minimum Gasteiger partial charge on any atom is -0.458 e. The molecule has 3 fully saturated rings. The number of rotatable bonds is 3. The van der Waals surface area contributed by atoms with Crippen LogP contribution in [-0.4, -0.2) is 62.9 Å². The van der Waals surface area contributed by atoms with Crippen molar-refractivity contribution in [3.63, 3.8) is 0 Å². The predicted molar refractivity (Wildman–Crippen MR) is 111 cm³/mol. The molecule has 0 aromatic rings. The fourth-order valence-corrected chi connectivity index (χ4v) is 7.46. The molecule has 0 radical (unpaired) electrons. The molecule has 8 heteroatoms. The van der Waals surface area contributed by atoms with Crippen LogP contribution in [0, 0.1) is 28.6 Å². The lowest BCUT2D eigenvalue weighted by molar-refractivity contribution is -0.226. The summed E-state index contributed by atoms with van der Waals surface area (Å²) in [6.07, 6.45) is 1.41. The second-order valence-corrected chi connectivity index (χ2v) is 10.5. The molecule has 32 heavy (non-hydrogen) atoms. The van der Waals surface area contributed by atoms with Gasteiger partial charge >= 0.3 is 5.97 Å². The average molecular weight is 451 g/mol. The summed E-state index contributed by atoms with van der Waals surface area (Å²) < 4.78 is 21.9. The molecule has 4 aliphatic rings. The van der Waals surface area contributed by atoms with Crippen molar-refractivity contribution in [2.45, 2.75) is 70.4 Å². The number of fused-ring (bicyclic) bond motifs is 5. The van der Waals surface area contributed by atoms with E-state index in [1.165, 1.54) is 25.2 Å². The van der Waals surface area contributed by atoms with E-state index in [1.807, 2.05) is 0 Å². The van der Waals surface area contributed by atoms with Crippen LogP contribution in [0.4, 0.5) is 4.39 Å². The van der Waals surface area contributed by atoms with Crippen molar-refractivity contribution in [2.75, 3.05) is 6.61 Å². The first-order valence-corrected chi connectivity index (χ1v) is 11.1. The fraction of sp³-hybridized carbons (Fsp3) is 0.708. The largest absolute Gasteiger partial charge is 0.458 e. The summed E-state index contributed by atoms with van der Waals surface area (Å²) in [7, 11) is 0. The lowest BCUT2D eigenvalue weighted by Crippen LogP contribution is -2.70. The highest BCUT2D eigenvalue weighted by Crippen LogP contribution is 2.70. The number of aliphatic hydroxyl groups excluding tert-OH is 2. The third kappa shape index (κ3) is 2.66. The van der Waals surface area contributed by atoms with Gasteiger partial charge in [0.2, 0.25) is 5.78 Å². The SMILES string of the molecule is CC(=O)OCC(=O)[C@@]1(O)[C@H](C)C[C@H]2[C@@H]3C[C@@H](O)C4=CC(=O)C=C[C@]4(C)[C@@]3(F)[C@@H](O)C[C@@]21C. The summed E-state index contributed by atoms with van der Waals surface area (Å²) >= 11 is 0. The van der Waals surface area contributed by atoms with Gasteiger partial charge in [0.25, 0.3) is 0 Å². The number of Topliss-reactive ketones (excluding diaryl/α,β-unsaturated/α-hetero) is 1. The van der Waals surface area contributed by atoms with Crippen LogP contribution in [0.15, 0.2) is 23.8 Å². The molecule has 0 aliphatic heterocycles.